The first kappa shape index (κ1) is 87.0. The number of thiophene rings is 2. The average molecular weight is 1910 g/mol. The maximum absolute atomic E-state index is 6.57. The van der Waals surface area contributed by atoms with Gasteiger partial charge in [0.1, 0.15) is 11.2 Å². The molecular formula is C135H83N9OS2. The molecule has 0 aliphatic heterocycles. The Morgan fingerprint density at radius 3 is 0.912 bits per heavy atom. The van der Waals surface area contributed by atoms with Gasteiger partial charge in [0.25, 0.3) is 0 Å². The van der Waals surface area contributed by atoms with Crippen LogP contribution in [0.1, 0.15) is 0 Å². The van der Waals surface area contributed by atoms with Gasteiger partial charge in [-0.1, -0.05) is 449 Å². The number of hydrogen-bond donors (Lipinski definition) is 0. The normalized spacial score (nSPS) is 11.5. The van der Waals surface area contributed by atoms with E-state index in [9.17, 15) is 0 Å². The van der Waals surface area contributed by atoms with Crippen molar-refractivity contribution in [3.05, 3.63) is 504 Å². The Kier molecular flexibility index (Phi) is 22.1. The fourth-order valence-electron chi connectivity index (χ4n) is 20.6. The molecule has 10 nitrogen and oxygen atoms in total. The molecule has 0 saturated heterocycles. The number of rotatable bonds is 14. The Morgan fingerprint density at radius 2 is 0.442 bits per heavy atom. The van der Waals surface area contributed by atoms with E-state index >= 15 is 0 Å². The molecule has 0 atom stereocenters. The molecular weight excluding hydrogens is 1830 g/mol. The van der Waals surface area contributed by atoms with Crippen molar-refractivity contribution < 1.29 is 4.42 Å². The van der Waals surface area contributed by atoms with E-state index in [0.29, 0.717) is 52.4 Å². The molecule has 0 aliphatic carbocycles. The number of hydrogen-bond acceptors (Lipinski definition) is 12. The van der Waals surface area contributed by atoms with Crippen molar-refractivity contribution >= 4 is 150 Å². The van der Waals surface area contributed by atoms with Crippen molar-refractivity contribution in [1.29, 1.82) is 0 Å². The van der Waals surface area contributed by atoms with Crippen LogP contribution in [0.3, 0.4) is 0 Å². The number of furan rings is 1. The van der Waals surface area contributed by atoms with Gasteiger partial charge in [0, 0.05) is 107 Å². The topological polar surface area (TPSA) is 129 Å². The first-order valence-electron chi connectivity index (χ1n) is 49.2. The molecule has 147 heavy (non-hydrogen) atoms. The summed E-state index contributed by atoms with van der Waals surface area (Å²) in [7, 11) is 0. The number of aromatic nitrogens is 9. The second-order valence-corrected chi connectivity index (χ2v) is 39.0. The van der Waals surface area contributed by atoms with E-state index in [1.54, 1.807) is 0 Å². The molecule has 0 unspecified atom stereocenters. The summed E-state index contributed by atoms with van der Waals surface area (Å²) >= 11 is 3.69. The first-order chi connectivity index (χ1) is 72.8. The molecule has 0 N–H and O–H groups in total. The Bertz CT molecular complexity index is 10100. The van der Waals surface area contributed by atoms with Crippen LogP contribution in [0.2, 0.25) is 0 Å². The third kappa shape index (κ3) is 16.5. The number of benzene rings is 23. The van der Waals surface area contributed by atoms with Crippen molar-refractivity contribution in [2.75, 3.05) is 0 Å². The van der Waals surface area contributed by atoms with E-state index in [4.69, 9.17) is 49.3 Å². The zero-order valence-electron chi connectivity index (χ0n) is 79.2. The van der Waals surface area contributed by atoms with Gasteiger partial charge in [0.2, 0.25) is 0 Å². The molecule has 6 aromatic heterocycles. The monoisotopic (exact) mass is 1910 g/mol. The molecule has 0 aliphatic rings. The summed E-state index contributed by atoms with van der Waals surface area (Å²) in [5.74, 6) is 5.77. The average Bonchev–Trinajstić information content (AvgIpc) is 1.58. The number of nitrogens with zero attached hydrogens (tertiary/aromatic N) is 9. The molecule has 29 aromatic rings. The van der Waals surface area contributed by atoms with Crippen molar-refractivity contribution in [1.82, 2.24) is 44.9 Å². The standard InChI is InChI=1S/C49H31N3O.C45H27N3S.C41H25N3S/c1-4-13-32(14-5-1)35-23-25-37(26-24-35)47-50-48(40-30-38(33-15-6-2-7-16-33)29-39(31-40)34-17-8-3-9-18-34)52-49(51-47)43-21-12-22-44-45(43)42-28-27-36-19-10-11-20-41(36)46(42)53-44;1-2-12-31(13-3-1)43-46-44(32-21-18-29(19-22-32)34-23-20-28-10-4-5-14-33(28)26-34)48-45(47-43)39-27-35-15-7-9-17-37(35)42-40(39)38-25-24-30-11-6-8-16-36(30)41(38)49-42;1-2-11-29(12-3-1)39-42-40(30-20-17-27(18-21-30)32-22-19-26-9-4-5-13-31(26)25-32)44-41(43-39)35-15-8-16-36-37(35)34-24-23-28-10-6-7-14-33(28)38(34)45-36/h1-31H;1-27H;1-25H. The molecule has 6 heterocycles. The molecule has 0 radical (unpaired) electrons. The lowest BCUT2D eigenvalue weighted by Gasteiger charge is -2.13. The van der Waals surface area contributed by atoms with E-state index in [2.05, 4.69) is 437 Å². The highest BCUT2D eigenvalue weighted by Crippen LogP contribution is 2.49. The van der Waals surface area contributed by atoms with Crippen LogP contribution >= 0.6 is 22.7 Å². The molecule has 0 fully saturated rings. The highest BCUT2D eigenvalue weighted by molar-refractivity contribution is 7.28. The van der Waals surface area contributed by atoms with E-state index in [1.165, 1.54) is 105 Å². The Morgan fingerprint density at radius 1 is 0.143 bits per heavy atom. The number of fused-ring (bicyclic) bond motifs is 19. The van der Waals surface area contributed by atoms with Gasteiger partial charge in [0.05, 0.1) is 0 Å². The van der Waals surface area contributed by atoms with Gasteiger partial charge >= 0.3 is 0 Å². The predicted octanol–water partition coefficient (Wildman–Crippen LogP) is 36.5. The van der Waals surface area contributed by atoms with Crippen LogP contribution in [-0.2, 0) is 0 Å². The van der Waals surface area contributed by atoms with Crippen LogP contribution in [0, 0.1) is 0 Å². The lowest BCUT2D eigenvalue weighted by atomic mass is 9.95. The van der Waals surface area contributed by atoms with Gasteiger partial charge in [-0.3, -0.25) is 0 Å². The van der Waals surface area contributed by atoms with Gasteiger partial charge < -0.3 is 4.42 Å². The van der Waals surface area contributed by atoms with Crippen molar-refractivity contribution in [3.63, 3.8) is 0 Å². The maximum atomic E-state index is 6.57. The second kappa shape index (κ2) is 37.4. The molecule has 686 valence electrons. The smallest absolute Gasteiger partial charge is 0.164 e. The third-order valence-electron chi connectivity index (χ3n) is 27.9. The summed E-state index contributed by atoms with van der Waals surface area (Å²) in [6.45, 7) is 0. The van der Waals surface area contributed by atoms with Gasteiger partial charge in [-0.15, -0.1) is 22.7 Å². The van der Waals surface area contributed by atoms with Crippen molar-refractivity contribution in [2.24, 2.45) is 0 Å². The van der Waals surface area contributed by atoms with Gasteiger partial charge in [-0.2, -0.15) is 0 Å². The maximum Gasteiger partial charge on any atom is 0.164 e. The highest BCUT2D eigenvalue weighted by Gasteiger charge is 2.26. The molecule has 29 rings (SSSR count). The summed E-state index contributed by atoms with van der Waals surface area (Å²) in [6, 6.07) is 176. The fourth-order valence-corrected chi connectivity index (χ4v) is 23.3. The Labute approximate surface area is 854 Å². The van der Waals surface area contributed by atoms with E-state index in [0.717, 1.165) is 127 Å². The zero-order chi connectivity index (χ0) is 97.2. The summed E-state index contributed by atoms with van der Waals surface area (Å²) < 4.78 is 11.6. The van der Waals surface area contributed by atoms with Crippen LogP contribution in [0.25, 0.3) is 285 Å². The predicted molar refractivity (Wildman–Crippen MR) is 614 cm³/mol. The van der Waals surface area contributed by atoms with Crippen LogP contribution in [0.15, 0.2) is 508 Å². The Balaban J connectivity index is 0.000000109. The van der Waals surface area contributed by atoms with Crippen LogP contribution in [0.5, 0.6) is 0 Å². The lowest BCUT2D eigenvalue weighted by molar-refractivity contribution is 0.672. The summed E-state index contributed by atoms with van der Waals surface area (Å²) in [6.07, 6.45) is 0. The molecule has 0 saturated carbocycles. The summed E-state index contributed by atoms with van der Waals surface area (Å²) in [5.41, 5.74) is 21.6. The van der Waals surface area contributed by atoms with Gasteiger partial charge in [-0.25, -0.2) is 44.9 Å². The SMILES string of the molecule is c1ccc(-c2ccc(-c3nc(-c4cc(-c5ccccc5)cc(-c5ccccc5)c4)nc(-c4cccc5oc6c7ccccc7ccc6c45)n3)cc2)cc1.c1ccc(-c2nc(-c3ccc(-c4ccc5ccccc5c4)cc3)nc(-c3cc4ccccc4c4sc5c6ccccc6ccc5c34)n2)cc1.c1ccc(-c2nc(-c3ccc(-c4ccc5ccccc5c4)cc3)nc(-c3cccc4sc5c6ccccc6ccc5c34)n2)cc1. The Hall–Kier alpha value is -19.1. The van der Waals surface area contributed by atoms with Gasteiger partial charge in [0.15, 0.2) is 52.4 Å². The minimum Gasteiger partial charge on any atom is -0.455 e. The largest absolute Gasteiger partial charge is 0.455 e. The molecule has 0 bridgehead atoms. The summed E-state index contributed by atoms with van der Waals surface area (Å²) in [5, 5.41) is 21.4. The van der Waals surface area contributed by atoms with E-state index in [1.807, 2.05) is 89.4 Å². The third-order valence-corrected chi connectivity index (χ3v) is 30.4. The van der Waals surface area contributed by atoms with Crippen LogP contribution < -0.4 is 0 Å². The highest BCUT2D eigenvalue weighted by atomic mass is 32.1. The molecule has 23 aromatic carbocycles. The van der Waals surface area contributed by atoms with Crippen molar-refractivity contribution in [2.45, 2.75) is 0 Å². The molecule has 0 spiro atoms. The van der Waals surface area contributed by atoms with E-state index in [-0.39, 0.29) is 0 Å². The molecule has 12 heteroatoms. The van der Waals surface area contributed by atoms with E-state index < -0.39 is 0 Å². The fraction of sp³-hybridized carbons (Fsp3) is 0. The van der Waals surface area contributed by atoms with Crippen LogP contribution in [-0.4, -0.2) is 44.9 Å². The molecule has 0 amide bonds. The van der Waals surface area contributed by atoms with Gasteiger partial charge in [-0.05, 0) is 169 Å². The van der Waals surface area contributed by atoms with Crippen molar-refractivity contribution in [3.8, 4) is 158 Å². The first-order valence-corrected chi connectivity index (χ1v) is 50.9. The lowest BCUT2D eigenvalue weighted by Crippen LogP contribution is -2.01. The van der Waals surface area contributed by atoms with Crippen LogP contribution in [0.4, 0.5) is 0 Å². The quantitative estimate of drug-likeness (QED) is 0.104. The summed E-state index contributed by atoms with van der Waals surface area (Å²) in [4.78, 5) is 46.3. The zero-order valence-corrected chi connectivity index (χ0v) is 80.8. The second-order valence-electron chi connectivity index (χ2n) is 36.9. The minimum absolute atomic E-state index is 0.588. The minimum atomic E-state index is 0.588.